The number of thiophene rings is 1. The molecule has 6 heteroatoms. The Morgan fingerprint density at radius 3 is 2.68 bits per heavy atom. The minimum absolute atomic E-state index is 0.00902. The maximum atomic E-state index is 12.3. The molecule has 0 spiro atoms. The van der Waals surface area contributed by atoms with Crippen LogP contribution in [0.15, 0.2) is 34.7 Å². The van der Waals surface area contributed by atoms with Crippen LogP contribution in [0, 0.1) is 13.8 Å². The Labute approximate surface area is 168 Å². The van der Waals surface area contributed by atoms with Crippen molar-refractivity contribution in [3.63, 3.8) is 0 Å². The number of furan rings is 1. The van der Waals surface area contributed by atoms with Crippen LogP contribution in [-0.4, -0.2) is 18.3 Å². The highest BCUT2D eigenvalue weighted by Crippen LogP contribution is 2.31. The van der Waals surface area contributed by atoms with E-state index in [9.17, 15) is 9.59 Å². The fourth-order valence-electron chi connectivity index (χ4n) is 3.19. The van der Waals surface area contributed by atoms with E-state index < -0.39 is 0 Å². The van der Waals surface area contributed by atoms with Crippen molar-refractivity contribution >= 4 is 34.0 Å². The van der Waals surface area contributed by atoms with Crippen molar-refractivity contribution in [3.8, 4) is 5.75 Å². The van der Waals surface area contributed by atoms with Crippen molar-refractivity contribution in [1.29, 1.82) is 0 Å². The number of aryl methyl sites for hydroxylation is 2. The molecule has 148 valence electrons. The Bertz CT molecular complexity index is 1000. The van der Waals surface area contributed by atoms with Gasteiger partial charge in [0.05, 0.1) is 12.6 Å². The van der Waals surface area contributed by atoms with Crippen LogP contribution in [0.4, 0.5) is 0 Å². The summed E-state index contributed by atoms with van der Waals surface area (Å²) in [4.78, 5) is 26.8. The molecule has 0 aliphatic rings. The van der Waals surface area contributed by atoms with Crippen molar-refractivity contribution in [2.24, 2.45) is 0 Å². The molecule has 0 fully saturated rings. The molecule has 3 aromatic rings. The van der Waals surface area contributed by atoms with Gasteiger partial charge in [0.25, 0.3) is 0 Å². The molecule has 2 heterocycles. The minimum Gasteiger partial charge on any atom is -0.490 e. The van der Waals surface area contributed by atoms with Gasteiger partial charge in [-0.1, -0.05) is 12.1 Å². The van der Waals surface area contributed by atoms with Gasteiger partial charge in [-0.15, -0.1) is 11.3 Å². The predicted octanol–water partition coefficient (Wildman–Crippen LogP) is 5.35. The lowest BCUT2D eigenvalue weighted by atomic mass is 10.1. The largest absolute Gasteiger partial charge is 0.490 e. The van der Waals surface area contributed by atoms with Crippen LogP contribution in [-0.2, 0) is 4.79 Å². The molecule has 1 unspecified atom stereocenters. The maximum absolute atomic E-state index is 12.3. The Morgan fingerprint density at radius 1 is 1.21 bits per heavy atom. The second-order valence-corrected chi connectivity index (χ2v) is 8.26. The summed E-state index contributed by atoms with van der Waals surface area (Å²) in [5.41, 5.74) is 1.41. The van der Waals surface area contributed by atoms with E-state index >= 15 is 0 Å². The van der Waals surface area contributed by atoms with Crippen molar-refractivity contribution in [1.82, 2.24) is 5.32 Å². The van der Waals surface area contributed by atoms with Gasteiger partial charge in [0.15, 0.2) is 17.1 Å². The fraction of sp³-hybridized carbons (Fsp3) is 0.364. The number of Topliss-reactive ketones (excluding diaryl/α,β-unsaturated/α-hetero) is 1. The number of ketones is 1. The number of carbonyl (C=O) groups is 2. The summed E-state index contributed by atoms with van der Waals surface area (Å²) in [6.07, 6.45) is 0.353. The molecule has 1 aromatic carbocycles. The summed E-state index contributed by atoms with van der Waals surface area (Å²) >= 11 is 1.60. The topological polar surface area (TPSA) is 68.5 Å². The molecule has 3 rings (SSSR count). The molecule has 0 saturated heterocycles. The molecule has 1 N–H and O–H groups in total. The normalized spacial score (nSPS) is 12.1. The first-order valence-electron chi connectivity index (χ1n) is 9.44. The molecule has 1 amide bonds. The summed E-state index contributed by atoms with van der Waals surface area (Å²) in [5, 5.41) is 3.84. The van der Waals surface area contributed by atoms with Crippen LogP contribution in [0.5, 0.6) is 5.75 Å². The zero-order valence-electron chi connectivity index (χ0n) is 16.6. The molecule has 1 atom stereocenters. The number of ether oxygens (including phenoxy) is 1. The van der Waals surface area contributed by atoms with E-state index in [4.69, 9.17) is 9.15 Å². The number of hydrogen-bond donors (Lipinski definition) is 1. The number of hydrogen-bond acceptors (Lipinski definition) is 5. The highest BCUT2D eigenvalue weighted by Gasteiger charge is 2.18. The SMILES string of the molecule is CCOc1cccc2cc(C(C)NC(=O)CCC(=O)c3cc(C)sc3C)oc12. The molecule has 0 radical (unpaired) electrons. The summed E-state index contributed by atoms with van der Waals surface area (Å²) in [6.45, 7) is 8.26. The number of nitrogens with one attached hydrogen (secondary N) is 1. The van der Waals surface area contributed by atoms with Crippen molar-refractivity contribution in [2.45, 2.75) is 46.6 Å². The van der Waals surface area contributed by atoms with Gasteiger partial charge < -0.3 is 14.5 Å². The first kappa shape index (κ1) is 20.1. The monoisotopic (exact) mass is 399 g/mol. The molecule has 0 aliphatic heterocycles. The van der Waals surface area contributed by atoms with Crippen molar-refractivity contribution < 1.29 is 18.7 Å². The minimum atomic E-state index is -0.297. The Balaban J connectivity index is 1.61. The number of amides is 1. The molecular formula is C22H25NO4S. The Kier molecular flexibility index (Phi) is 6.19. The zero-order valence-corrected chi connectivity index (χ0v) is 17.4. The molecule has 5 nitrogen and oxygen atoms in total. The lowest BCUT2D eigenvalue weighted by molar-refractivity contribution is -0.121. The van der Waals surface area contributed by atoms with Gasteiger partial charge in [-0.05, 0) is 45.9 Å². The quantitative estimate of drug-likeness (QED) is 0.519. The lowest BCUT2D eigenvalue weighted by Crippen LogP contribution is -2.26. The highest BCUT2D eigenvalue weighted by molar-refractivity contribution is 7.12. The van der Waals surface area contributed by atoms with E-state index in [-0.39, 0.29) is 30.6 Å². The van der Waals surface area contributed by atoms with Crippen LogP contribution < -0.4 is 10.1 Å². The molecule has 0 saturated carbocycles. The third kappa shape index (κ3) is 4.44. The zero-order chi connectivity index (χ0) is 20.3. The second kappa shape index (κ2) is 8.61. The Hall–Kier alpha value is -2.60. The lowest BCUT2D eigenvalue weighted by Gasteiger charge is -2.11. The summed E-state index contributed by atoms with van der Waals surface area (Å²) in [5.74, 6) is 1.19. The molecule has 28 heavy (non-hydrogen) atoms. The van der Waals surface area contributed by atoms with Gasteiger partial charge in [-0.3, -0.25) is 9.59 Å². The maximum Gasteiger partial charge on any atom is 0.221 e. The average Bonchev–Trinajstić information content (AvgIpc) is 3.23. The smallest absolute Gasteiger partial charge is 0.221 e. The highest BCUT2D eigenvalue weighted by atomic mass is 32.1. The number of para-hydroxylation sites is 1. The summed E-state index contributed by atoms with van der Waals surface area (Å²) in [6, 6.07) is 9.23. The van der Waals surface area contributed by atoms with E-state index in [1.54, 1.807) is 11.3 Å². The molecule has 0 bridgehead atoms. The first-order valence-corrected chi connectivity index (χ1v) is 10.3. The van der Waals surface area contributed by atoms with E-state index in [1.807, 2.05) is 58.0 Å². The van der Waals surface area contributed by atoms with Gasteiger partial charge in [-0.2, -0.15) is 0 Å². The second-order valence-electron chi connectivity index (χ2n) is 6.80. The van der Waals surface area contributed by atoms with Gasteiger partial charge >= 0.3 is 0 Å². The fourth-order valence-corrected chi connectivity index (χ4v) is 4.14. The van der Waals surface area contributed by atoms with Crippen molar-refractivity contribution in [2.75, 3.05) is 6.61 Å². The van der Waals surface area contributed by atoms with Gasteiger partial charge in [0, 0.05) is 33.5 Å². The summed E-state index contributed by atoms with van der Waals surface area (Å²) in [7, 11) is 0. The number of rotatable bonds is 8. The van der Waals surface area contributed by atoms with Gasteiger partial charge in [-0.25, -0.2) is 0 Å². The van der Waals surface area contributed by atoms with E-state index in [1.165, 1.54) is 0 Å². The van der Waals surface area contributed by atoms with Gasteiger partial charge in [0.2, 0.25) is 5.91 Å². The Morgan fingerprint density at radius 2 is 2.00 bits per heavy atom. The van der Waals surface area contributed by atoms with Crippen LogP contribution in [0.3, 0.4) is 0 Å². The molecular weight excluding hydrogens is 374 g/mol. The van der Waals surface area contributed by atoms with E-state index in [2.05, 4.69) is 5.32 Å². The van der Waals surface area contributed by atoms with Crippen LogP contribution in [0.1, 0.15) is 58.6 Å². The summed E-state index contributed by atoms with van der Waals surface area (Å²) < 4.78 is 11.5. The standard InChI is InChI=1S/C22H25NO4S/c1-5-26-19-8-6-7-16-12-20(27-22(16)19)14(3)23-21(25)10-9-18(24)17-11-13(2)28-15(17)4/h6-8,11-12,14H,5,9-10H2,1-4H3,(H,23,25). The molecule has 2 aromatic heterocycles. The number of fused-ring (bicyclic) bond motifs is 1. The first-order chi connectivity index (χ1) is 13.4. The predicted molar refractivity (Wildman–Crippen MR) is 111 cm³/mol. The van der Waals surface area contributed by atoms with E-state index in [0.29, 0.717) is 23.7 Å². The van der Waals surface area contributed by atoms with Crippen LogP contribution in [0.25, 0.3) is 11.0 Å². The average molecular weight is 400 g/mol. The van der Waals surface area contributed by atoms with Gasteiger partial charge in [0.1, 0.15) is 5.76 Å². The third-order valence-corrected chi connectivity index (χ3v) is 5.52. The van der Waals surface area contributed by atoms with Crippen LogP contribution in [0.2, 0.25) is 0 Å². The van der Waals surface area contributed by atoms with Crippen LogP contribution >= 0.6 is 11.3 Å². The van der Waals surface area contributed by atoms with Crippen molar-refractivity contribution in [3.05, 3.63) is 51.4 Å². The van der Waals surface area contributed by atoms with E-state index in [0.717, 1.165) is 20.7 Å². The molecule has 0 aliphatic carbocycles. The number of carbonyl (C=O) groups excluding carboxylic acids is 2. The third-order valence-electron chi connectivity index (χ3n) is 4.55. The number of benzene rings is 1.